The van der Waals surface area contributed by atoms with E-state index < -0.39 is 6.04 Å². The molecule has 0 aliphatic carbocycles. The van der Waals surface area contributed by atoms with Crippen molar-refractivity contribution in [3.05, 3.63) is 35.3 Å². The first kappa shape index (κ1) is 10.2. The molecule has 2 heterocycles. The maximum absolute atomic E-state index is 5.74. The second kappa shape index (κ2) is 3.36. The number of hydrogen-bond acceptors (Lipinski definition) is 2. The molecule has 1 aromatic rings. The Morgan fingerprint density at radius 3 is 2.64 bits per heavy atom. The Morgan fingerprint density at radius 1 is 1.50 bits per heavy atom. The van der Waals surface area contributed by atoms with Gasteiger partial charge in [-0.05, 0) is 44.8 Å². The predicted molar refractivity (Wildman–Crippen MR) is 64.9 cm³/mol. The zero-order valence-electron chi connectivity index (χ0n) is 8.78. The van der Waals surface area contributed by atoms with Gasteiger partial charge in [0.15, 0.2) is 0 Å². The van der Waals surface area contributed by atoms with E-state index in [1.165, 1.54) is 11.1 Å². The van der Waals surface area contributed by atoms with Crippen LogP contribution in [0.3, 0.4) is 0 Å². The third kappa shape index (κ3) is 1.51. The average molecular weight is 226 g/mol. The summed E-state index contributed by atoms with van der Waals surface area (Å²) in [5.74, 6) is 1.06. The first-order valence-electron chi connectivity index (χ1n) is 4.78. The summed E-state index contributed by atoms with van der Waals surface area (Å²) >= 11 is 5.74. The minimum Gasteiger partial charge on any atom is -0.468 e. The molecule has 0 fully saturated rings. The van der Waals surface area contributed by atoms with Gasteiger partial charge in [-0.2, -0.15) is 0 Å². The van der Waals surface area contributed by atoms with Gasteiger partial charge in [-0.3, -0.25) is 0 Å². The number of rotatable bonds is 1. The summed E-state index contributed by atoms with van der Waals surface area (Å²) in [5, 5.41) is 0. The monoisotopic (exact) mass is 226 g/mol. The highest BCUT2D eigenvalue weighted by molar-refractivity contribution is 8.14. The van der Waals surface area contributed by atoms with E-state index >= 15 is 0 Å². The highest BCUT2D eigenvalue weighted by atomic mass is 32.4. The van der Waals surface area contributed by atoms with Gasteiger partial charge in [0.1, 0.15) is 5.76 Å². The van der Waals surface area contributed by atoms with Crippen molar-refractivity contribution in [1.29, 1.82) is 0 Å². The van der Waals surface area contributed by atoms with Crippen LogP contribution in [-0.4, -0.2) is 12.8 Å². The summed E-state index contributed by atoms with van der Waals surface area (Å²) in [6, 6.07) is 2.71. The molecule has 0 saturated carbocycles. The number of hydrogen-bond donors (Lipinski definition) is 0. The lowest BCUT2D eigenvalue weighted by Crippen LogP contribution is -1.94. The van der Waals surface area contributed by atoms with Gasteiger partial charge in [-0.15, -0.1) is 0 Å². The predicted octanol–water partition coefficient (Wildman–Crippen LogP) is 3.78. The van der Waals surface area contributed by atoms with Crippen molar-refractivity contribution in [2.75, 3.05) is 12.8 Å². The van der Waals surface area contributed by atoms with Crippen molar-refractivity contribution in [3.63, 3.8) is 0 Å². The Kier molecular flexibility index (Phi) is 2.45. The van der Waals surface area contributed by atoms with Crippen molar-refractivity contribution in [3.8, 4) is 0 Å². The Hall–Kier alpha value is -0.330. The van der Waals surface area contributed by atoms with E-state index in [0.29, 0.717) is 5.66 Å². The van der Waals surface area contributed by atoms with Crippen LogP contribution in [0.5, 0.6) is 0 Å². The van der Waals surface area contributed by atoms with E-state index in [1.54, 1.807) is 6.26 Å². The quantitative estimate of drug-likeness (QED) is 0.534. The Balaban J connectivity index is 2.48. The standard InChI is InChI=1S/C11H15OPS/c1-8-7-13(3,14)11(9(8)2)10-5-4-6-12-10/h4-6,11H,7H2,1-3H3. The molecule has 0 saturated heterocycles. The summed E-state index contributed by atoms with van der Waals surface area (Å²) in [4.78, 5) is 0. The van der Waals surface area contributed by atoms with Crippen molar-refractivity contribution >= 4 is 17.8 Å². The molecule has 2 atom stereocenters. The van der Waals surface area contributed by atoms with Crippen molar-refractivity contribution in [1.82, 2.24) is 0 Å². The van der Waals surface area contributed by atoms with Gasteiger partial charge in [0, 0.05) is 0 Å². The van der Waals surface area contributed by atoms with Crippen LogP contribution >= 0.6 is 6.04 Å². The number of furan rings is 1. The van der Waals surface area contributed by atoms with Crippen LogP contribution in [-0.2, 0) is 11.8 Å². The molecule has 0 N–H and O–H groups in total. The van der Waals surface area contributed by atoms with Crippen LogP contribution in [0.15, 0.2) is 34.0 Å². The van der Waals surface area contributed by atoms with Crippen LogP contribution in [0, 0.1) is 0 Å². The van der Waals surface area contributed by atoms with Gasteiger partial charge in [0.05, 0.1) is 11.9 Å². The molecule has 1 aliphatic rings. The molecule has 2 rings (SSSR count). The number of allylic oxidation sites excluding steroid dienone is 2. The fourth-order valence-corrected chi connectivity index (χ4v) is 6.73. The Bertz CT molecular complexity index is 417. The molecule has 1 aromatic heterocycles. The minimum absolute atomic E-state index is 0.396. The molecule has 0 aromatic carbocycles. The minimum atomic E-state index is -1.29. The summed E-state index contributed by atoms with van der Waals surface area (Å²) in [6.45, 7) is 6.64. The molecule has 14 heavy (non-hydrogen) atoms. The van der Waals surface area contributed by atoms with Crippen LogP contribution in [0.25, 0.3) is 0 Å². The molecular weight excluding hydrogens is 211 g/mol. The van der Waals surface area contributed by atoms with Crippen molar-refractivity contribution in [2.45, 2.75) is 19.5 Å². The van der Waals surface area contributed by atoms with Crippen LogP contribution in [0.4, 0.5) is 0 Å². The van der Waals surface area contributed by atoms with Gasteiger partial charge in [0.2, 0.25) is 0 Å². The SMILES string of the molecule is CC1=C(C)C(c2ccco2)P(C)(=S)C1. The van der Waals surface area contributed by atoms with E-state index in [-0.39, 0.29) is 0 Å². The molecule has 0 radical (unpaired) electrons. The topological polar surface area (TPSA) is 13.1 Å². The molecule has 0 amide bonds. The molecule has 2 unspecified atom stereocenters. The summed E-state index contributed by atoms with van der Waals surface area (Å²) < 4.78 is 5.50. The van der Waals surface area contributed by atoms with Crippen LogP contribution < -0.4 is 0 Å². The molecule has 1 aliphatic heterocycles. The first-order chi connectivity index (χ1) is 6.52. The van der Waals surface area contributed by atoms with Gasteiger partial charge in [0.25, 0.3) is 0 Å². The molecule has 0 bridgehead atoms. The van der Waals surface area contributed by atoms with Crippen LogP contribution in [0.2, 0.25) is 0 Å². The van der Waals surface area contributed by atoms with Crippen molar-refractivity contribution in [2.24, 2.45) is 0 Å². The maximum atomic E-state index is 5.74. The second-order valence-electron chi connectivity index (χ2n) is 4.21. The Labute approximate surface area is 90.2 Å². The van der Waals surface area contributed by atoms with Gasteiger partial charge in [-0.1, -0.05) is 23.0 Å². The van der Waals surface area contributed by atoms with E-state index in [9.17, 15) is 0 Å². The second-order valence-corrected chi connectivity index (χ2v) is 9.90. The van der Waals surface area contributed by atoms with Gasteiger partial charge in [-0.25, -0.2) is 0 Å². The van der Waals surface area contributed by atoms with Gasteiger partial charge < -0.3 is 4.42 Å². The fraction of sp³-hybridized carbons (Fsp3) is 0.455. The van der Waals surface area contributed by atoms with E-state index in [4.69, 9.17) is 16.2 Å². The molecule has 3 heteroatoms. The molecular formula is C11H15OPS. The zero-order chi connectivity index (χ0) is 10.3. The lowest BCUT2D eigenvalue weighted by molar-refractivity contribution is 0.515. The highest BCUT2D eigenvalue weighted by Gasteiger charge is 2.35. The first-order valence-corrected chi connectivity index (χ1v) is 8.28. The largest absolute Gasteiger partial charge is 0.468 e. The van der Waals surface area contributed by atoms with E-state index in [0.717, 1.165) is 11.9 Å². The lowest BCUT2D eigenvalue weighted by atomic mass is 10.1. The third-order valence-electron chi connectivity index (χ3n) is 2.99. The summed E-state index contributed by atoms with van der Waals surface area (Å²) in [6.07, 6.45) is 2.85. The van der Waals surface area contributed by atoms with Crippen LogP contribution in [0.1, 0.15) is 25.3 Å². The third-order valence-corrected chi connectivity index (χ3v) is 6.85. The van der Waals surface area contributed by atoms with E-state index in [2.05, 4.69) is 26.6 Å². The molecule has 76 valence electrons. The smallest absolute Gasteiger partial charge is 0.115 e. The highest BCUT2D eigenvalue weighted by Crippen LogP contribution is 2.65. The lowest BCUT2D eigenvalue weighted by Gasteiger charge is -2.19. The Morgan fingerprint density at radius 2 is 2.21 bits per heavy atom. The normalized spacial score (nSPS) is 32.6. The summed E-state index contributed by atoms with van der Waals surface area (Å²) in [7, 11) is 0. The molecule has 1 nitrogen and oxygen atoms in total. The molecule has 0 spiro atoms. The van der Waals surface area contributed by atoms with Gasteiger partial charge >= 0.3 is 0 Å². The van der Waals surface area contributed by atoms with Crippen molar-refractivity contribution < 1.29 is 4.42 Å². The average Bonchev–Trinajstić information content (AvgIpc) is 2.60. The zero-order valence-corrected chi connectivity index (χ0v) is 10.5. The fourth-order valence-electron chi connectivity index (χ4n) is 2.26. The van der Waals surface area contributed by atoms with E-state index in [1.807, 2.05) is 6.07 Å². The maximum Gasteiger partial charge on any atom is 0.115 e. The summed E-state index contributed by atoms with van der Waals surface area (Å²) in [5.41, 5.74) is 3.30.